The largest absolute Gasteiger partial charge is 0.455 e. The molecule has 26 heavy (non-hydrogen) atoms. The van der Waals surface area contributed by atoms with Gasteiger partial charge in [0.25, 0.3) is 0 Å². The van der Waals surface area contributed by atoms with E-state index in [1.165, 1.54) is 0 Å². The Hall–Kier alpha value is -3.60. The standard InChI is InChI=1S/C21H16N2O3/c24-21(14-18-16-10-4-6-12-19(16)26-23-18)22-17-11-5-7-13-20(17)25-15-8-2-1-3-9-15/h1-13H,14H2,(H,22,24). The number of hydrogen-bond donors (Lipinski definition) is 1. The van der Waals surface area contributed by atoms with Crippen molar-refractivity contribution in [3.8, 4) is 11.5 Å². The van der Waals surface area contributed by atoms with E-state index >= 15 is 0 Å². The zero-order valence-corrected chi connectivity index (χ0v) is 13.9. The van der Waals surface area contributed by atoms with Gasteiger partial charge in [-0.3, -0.25) is 4.79 Å². The predicted molar refractivity (Wildman–Crippen MR) is 99.3 cm³/mol. The number of ether oxygens (including phenoxy) is 1. The van der Waals surface area contributed by atoms with Crippen molar-refractivity contribution in [3.05, 3.63) is 84.6 Å². The quantitative estimate of drug-likeness (QED) is 0.565. The Morgan fingerprint density at radius 3 is 2.54 bits per heavy atom. The Bertz CT molecular complexity index is 1040. The fourth-order valence-electron chi connectivity index (χ4n) is 2.69. The second-order valence-electron chi connectivity index (χ2n) is 5.76. The summed E-state index contributed by atoms with van der Waals surface area (Å²) in [5, 5.41) is 7.73. The molecular weight excluding hydrogens is 328 g/mol. The molecule has 0 aliphatic heterocycles. The molecule has 0 atom stereocenters. The van der Waals surface area contributed by atoms with Crippen molar-refractivity contribution in [2.24, 2.45) is 0 Å². The van der Waals surface area contributed by atoms with Gasteiger partial charge in [0.15, 0.2) is 11.3 Å². The molecule has 0 radical (unpaired) electrons. The van der Waals surface area contributed by atoms with Gasteiger partial charge in [-0.05, 0) is 36.4 Å². The molecule has 1 aromatic heterocycles. The van der Waals surface area contributed by atoms with Crippen molar-refractivity contribution in [3.63, 3.8) is 0 Å². The van der Waals surface area contributed by atoms with E-state index in [9.17, 15) is 4.79 Å². The summed E-state index contributed by atoms with van der Waals surface area (Å²) < 4.78 is 11.1. The molecule has 0 aliphatic rings. The third-order valence-electron chi connectivity index (χ3n) is 3.91. The van der Waals surface area contributed by atoms with E-state index in [0.717, 1.165) is 5.39 Å². The maximum Gasteiger partial charge on any atom is 0.230 e. The van der Waals surface area contributed by atoms with Gasteiger partial charge in [0.2, 0.25) is 5.91 Å². The van der Waals surface area contributed by atoms with Crippen LogP contribution in [0.4, 0.5) is 5.69 Å². The predicted octanol–water partition coefficient (Wildman–Crippen LogP) is 4.80. The normalized spacial score (nSPS) is 10.6. The fraction of sp³-hybridized carbons (Fsp3) is 0.0476. The lowest BCUT2D eigenvalue weighted by Gasteiger charge is -2.11. The number of benzene rings is 3. The number of nitrogens with zero attached hydrogens (tertiary/aromatic N) is 1. The van der Waals surface area contributed by atoms with Crippen LogP contribution in [-0.2, 0) is 11.2 Å². The summed E-state index contributed by atoms with van der Waals surface area (Å²) in [6, 6.07) is 24.2. The van der Waals surface area contributed by atoms with Crippen LogP contribution >= 0.6 is 0 Å². The van der Waals surface area contributed by atoms with Crippen LogP contribution < -0.4 is 10.1 Å². The number of hydrogen-bond acceptors (Lipinski definition) is 4. The number of fused-ring (bicyclic) bond motifs is 1. The highest BCUT2D eigenvalue weighted by Gasteiger charge is 2.14. The summed E-state index contributed by atoms with van der Waals surface area (Å²) in [4.78, 5) is 12.5. The summed E-state index contributed by atoms with van der Waals surface area (Å²) in [5.74, 6) is 1.10. The maximum absolute atomic E-state index is 12.5. The molecule has 0 spiro atoms. The minimum Gasteiger partial charge on any atom is -0.455 e. The first kappa shape index (κ1) is 15.9. The molecule has 1 heterocycles. The lowest BCUT2D eigenvalue weighted by atomic mass is 10.1. The third kappa shape index (κ3) is 3.42. The van der Waals surface area contributed by atoms with Crippen LogP contribution in [0.15, 0.2) is 83.4 Å². The molecule has 0 unspecified atom stereocenters. The lowest BCUT2D eigenvalue weighted by Crippen LogP contribution is -2.15. The van der Waals surface area contributed by atoms with Crippen LogP contribution in [0.5, 0.6) is 11.5 Å². The van der Waals surface area contributed by atoms with Crippen LogP contribution in [0.25, 0.3) is 11.0 Å². The Labute approximate surface area is 150 Å². The summed E-state index contributed by atoms with van der Waals surface area (Å²) >= 11 is 0. The summed E-state index contributed by atoms with van der Waals surface area (Å²) in [6.07, 6.45) is 0.122. The van der Waals surface area contributed by atoms with Crippen molar-refractivity contribution in [2.45, 2.75) is 6.42 Å². The van der Waals surface area contributed by atoms with Crippen LogP contribution in [-0.4, -0.2) is 11.1 Å². The van der Waals surface area contributed by atoms with Crippen molar-refractivity contribution in [2.75, 3.05) is 5.32 Å². The van der Waals surface area contributed by atoms with E-state index in [1.807, 2.05) is 72.8 Å². The molecule has 128 valence electrons. The lowest BCUT2D eigenvalue weighted by molar-refractivity contribution is -0.115. The van der Waals surface area contributed by atoms with Gasteiger partial charge in [0.1, 0.15) is 11.4 Å². The number of para-hydroxylation sites is 4. The summed E-state index contributed by atoms with van der Waals surface area (Å²) in [6.45, 7) is 0. The fourth-order valence-corrected chi connectivity index (χ4v) is 2.69. The van der Waals surface area contributed by atoms with Gasteiger partial charge in [-0.25, -0.2) is 0 Å². The van der Waals surface area contributed by atoms with Gasteiger partial charge in [-0.15, -0.1) is 0 Å². The van der Waals surface area contributed by atoms with Gasteiger partial charge in [0.05, 0.1) is 12.1 Å². The van der Waals surface area contributed by atoms with Gasteiger partial charge in [0, 0.05) is 5.39 Å². The van der Waals surface area contributed by atoms with Gasteiger partial charge >= 0.3 is 0 Å². The van der Waals surface area contributed by atoms with E-state index < -0.39 is 0 Å². The van der Waals surface area contributed by atoms with Crippen molar-refractivity contribution in [1.29, 1.82) is 0 Å². The molecular formula is C21H16N2O3. The number of nitrogens with one attached hydrogen (secondary N) is 1. The molecule has 0 saturated carbocycles. The molecule has 4 rings (SSSR count). The summed E-state index contributed by atoms with van der Waals surface area (Å²) in [7, 11) is 0. The van der Waals surface area contributed by atoms with Crippen LogP contribution in [0.2, 0.25) is 0 Å². The molecule has 4 aromatic rings. The van der Waals surface area contributed by atoms with Crippen molar-refractivity contribution in [1.82, 2.24) is 5.16 Å². The van der Waals surface area contributed by atoms with Crippen LogP contribution in [0, 0.1) is 0 Å². The molecule has 5 nitrogen and oxygen atoms in total. The van der Waals surface area contributed by atoms with Crippen LogP contribution in [0.1, 0.15) is 5.69 Å². The molecule has 3 aromatic carbocycles. The Morgan fingerprint density at radius 1 is 0.923 bits per heavy atom. The number of carbonyl (C=O) groups excluding carboxylic acids is 1. The highest BCUT2D eigenvalue weighted by molar-refractivity contribution is 5.95. The van der Waals surface area contributed by atoms with E-state index in [1.54, 1.807) is 6.07 Å². The first-order valence-corrected chi connectivity index (χ1v) is 8.25. The maximum atomic E-state index is 12.5. The van der Waals surface area contributed by atoms with Gasteiger partial charge in [-0.2, -0.15) is 0 Å². The number of carbonyl (C=O) groups is 1. The third-order valence-corrected chi connectivity index (χ3v) is 3.91. The van der Waals surface area contributed by atoms with Crippen molar-refractivity contribution >= 4 is 22.6 Å². The zero-order valence-electron chi connectivity index (χ0n) is 13.9. The smallest absolute Gasteiger partial charge is 0.230 e. The van der Waals surface area contributed by atoms with E-state index in [4.69, 9.17) is 9.26 Å². The Kier molecular flexibility index (Phi) is 4.35. The highest BCUT2D eigenvalue weighted by Crippen LogP contribution is 2.29. The first-order chi connectivity index (χ1) is 12.8. The highest BCUT2D eigenvalue weighted by atomic mass is 16.5. The van der Waals surface area contributed by atoms with Gasteiger partial charge < -0.3 is 14.6 Å². The topological polar surface area (TPSA) is 64.4 Å². The van der Waals surface area contributed by atoms with E-state index in [2.05, 4.69) is 10.5 Å². The molecule has 0 saturated heterocycles. The molecule has 0 aliphatic carbocycles. The second-order valence-corrected chi connectivity index (χ2v) is 5.76. The molecule has 5 heteroatoms. The molecule has 1 amide bonds. The average molecular weight is 344 g/mol. The van der Waals surface area contributed by atoms with Crippen molar-refractivity contribution < 1.29 is 14.1 Å². The molecule has 0 fully saturated rings. The van der Waals surface area contributed by atoms with Gasteiger partial charge in [-0.1, -0.05) is 47.6 Å². The average Bonchev–Trinajstić information content (AvgIpc) is 3.07. The SMILES string of the molecule is O=C(Cc1noc2ccccc12)Nc1ccccc1Oc1ccccc1. The van der Waals surface area contributed by atoms with Crippen LogP contribution in [0.3, 0.4) is 0 Å². The molecule has 1 N–H and O–H groups in total. The number of anilines is 1. The minimum absolute atomic E-state index is 0.122. The Morgan fingerprint density at radius 2 is 1.65 bits per heavy atom. The second kappa shape index (κ2) is 7.11. The van der Waals surface area contributed by atoms with E-state index in [-0.39, 0.29) is 12.3 Å². The minimum atomic E-state index is -0.187. The zero-order chi connectivity index (χ0) is 17.8. The Balaban J connectivity index is 1.51. The number of rotatable bonds is 5. The first-order valence-electron chi connectivity index (χ1n) is 8.25. The number of amides is 1. The summed E-state index contributed by atoms with van der Waals surface area (Å²) in [5.41, 5.74) is 1.89. The molecule has 0 bridgehead atoms. The number of aromatic nitrogens is 1. The monoisotopic (exact) mass is 344 g/mol. The van der Waals surface area contributed by atoms with E-state index in [0.29, 0.717) is 28.5 Å².